The summed E-state index contributed by atoms with van der Waals surface area (Å²) >= 11 is 0. The van der Waals surface area contributed by atoms with Crippen LogP contribution in [0.25, 0.3) is 10.8 Å². The molecular formula is C12H11NO3. The predicted molar refractivity (Wildman–Crippen MR) is 61.9 cm³/mol. The number of rotatable bonds is 2. The van der Waals surface area contributed by atoms with Crippen LogP contribution in [0.2, 0.25) is 0 Å². The molecule has 0 aliphatic carbocycles. The summed E-state index contributed by atoms with van der Waals surface area (Å²) in [4.78, 5) is 10.9. The van der Waals surface area contributed by atoms with Gasteiger partial charge in [-0.1, -0.05) is 12.1 Å². The molecule has 0 bridgehead atoms. The maximum atomic E-state index is 10.9. The highest BCUT2D eigenvalue weighted by atomic mass is 16.5. The highest BCUT2D eigenvalue weighted by Crippen LogP contribution is 2.29. The van der Waals surface area contributed by atoms with Crippen molar-refractivity contribution in [2.45, 2.75) is 0 Å². The van der Waals surface area contributed by atoms with Gasteiger partial charge in [-0.2, -0.15) is 0 Å². The molecule has 0 saturated carbocycles. The Balaban J connectivity index is 2.80. The Kier molecular flexibility index (Phi) is 2.40. The van der Waals surface area contributed by atoms with Crippen molar-refractivity contribution >= 4 is 22.4 Å². The molecule has 4 nitrogen and oxygen atoms in total. The summed E-state index contributed by atoms with van der Waals surface area (Å²) in [6.07, 6.45) is 0. The smallest absolute Gasteiger partial charge is 0.337 e. The summed E-state index contributed by atoms with van der Waals surface area (Å²) in [6, 6.07) is 8.65. The van der Waals surface area contributed by atoms with Crippen LogP contribution in [0.1, 0.15) is 10.4 Å². The molecule has 0 fully saturated rings. The molecule has 0 atom stereocenters. The van der Waals surface area contributed by atoms with Gasteiger partial charge in [0.05, 0.1) is 12.7 Å². The van der Waals surface area contributed by atoms with Crippen LogP contribution in [0, 0.1) is 0 Å². The molecule has 3 N–H and O–H groups in total. The summed E-state index contributed by atoms with van der Waals surface area (Å²) in [6.45, 7) is 0. The number of hydrogen-bond donors (Lipinski definition) is 2. The number of nitrogens with two attached hydrogens (primary N) is 1. The van der Waals surface area contributed by atoms with Gasteiger partial charge in [0.2, 0.25) is 0 Å². The fraction of sp³-hybridized carbons (Fsp3) is 0.0833. The van der Waals surface area contributed by atoms with E-state index in [4.69, 9.17) is 15.6 Å². The van der Waals surface area contributed by atoms with Gasteiger partial charge in [0.1, 0.15) is 5.75 Å². The molecule has 0 radical (unpaired) electrons. The Morgan fingerprint density at radius 2 is 2.12 bits per heavy atom. The molecule has 0 aliphatic rings. The van der Waals surface area contributed by atoms with Crippen molar-refractivity contribution in [1.29, 1.82) is 0 Å². The van der Waals surface area contributed by atoms with E-state index < -0.39 is 5.97 Å². The Labute approximate surface area is 92.3 Å². The van der Waals surface area contributed by atoms with Crippen LogP contribution in [-0.2, 0) is 0 Å². The minimum absolute atomic E-state index is 0.0944. The van der Waals surface area contributed by atoms with Crippen molar-refractivity contribution in [2.75, 3.05) is 12.8 Å². The van der Waals surface area contributed by atoms with Crippen LogP contribution in [0.5, 0.6) is 5.75 Å². The van der Waals surface area contributed by atoms with Crippen LogP contribution < -0.4 is 10.5 Å². The van der Waals surface area contributed by atoms with Gasteiger partial charge < -0.3 is 15.6 Å². The van der Waals surface area contributed by atoms with Crippen molar-refractivity contribution in [3.63, 3.8) is 0 Å². The first-order chi connectivity index (χ1) is 7.63. The number of aromatic carboxylic acids is 1. The van der Waals surface area contributed by atoms with Gasteiger partial charge in [0.15, 0.2) is 0 Å². The molecule has 0 aromatic heterocycles. The van der Waals surface area contributed by atoms with Crippen molar-refractivity contribution in [3.05, 3.63) is 35.9 Å². The summed E-state index contributed by atoms with van der Waals surface area (Å²) in [7, 11) is 1.55. The molecule has 0 saturated heterocycles. The first-order valence-electron chi connectivity index (χ1n) is 4.73. The lowest BCUT2D eigenvalue weighted by atomic mass is 10.0. The standard InChI is InChI=1S/C12H11NO3/c1-16-11-4-2-3-7-5-10(13)9(12(14)15)6-8(7)11/h2-6H,13H2,1H3,(H,14,15). The zero-order chi connectivity index (χ0) is 11.7. The predicted octanol–water partition coefficient (Wildman–Crippen LogP) is 2.13. The highest BCUT2D eigenvalue weighted by Gasteiger charge is 2.11. The van der Waals surface area contributed by atoms with Gasteiger partial charge in [0.25, 0.3) is 0 Å². The van der Waals surface area contributed by atoms with E-state index in [1.165, 1.54) is 6.07 Å². The molecule has 82 valence electrons. The lowest BCUT2D eigenvalue weighted by molar-refractivity contribution is 0.0698. The van der Waals surface area contributed by atoms with E-state index in [1.807, 2.05) is 12.1 Å². The highest BCUT2D eigenvalue weighted by molar-refractivity contribution is 6.02. The van der Waals surface area contributed by atoms with Crippen molar-refractivity contribution in [2.24, 2.45) is 0 Å². The molecule has 16 heavy (non-hydrogen) atoms. The second kappa shape index (κ2) is 3.73. The third-order valence-corrected chi connectivity index (χ3v) is 2.46. The number of fused-ring (bicyclic) bond motifs is 1. The largest absolute Gasteiger partial charge is 0.496 e. The van der Waals surface area contributed by atoms with Gasteiger partial charge in [-0.15, -0.1) is 0 Å². The van der Waals surface area contributed by atoms with E-state index in [0.717, 1.165) is 10.8 Å². The first kappa shape index (κ1) is 10.3. The van der Waals surface area contributed by atoms with E-state index in [1.54, 1.807) is 19.2 Å². The van der Waals surface area contributed by atoms with Crippen LogP contribution in [-0.4, -0.2) is 18.2 Å². The second-order valence-electron chi connectivity index (χ2n) is 3.43. The van der Waals surface area contributed by atoms with Gasteiger partial charge in [-0.05, 0) is 23.6 Å². The summed E-state index contributed by atoms with van der Waals surface area (Å²) in [5.41, 5.74) is 6.01. The van der Waals surface area contributed by atoms with Gasteiger partial charge >= 0.3 is 5.97 Å². The number of benzene rings is 2. The maximum Gasteiger partial charge on any atom is 0.337 e. The number of anilines is 1. The zero-order valence-electron chi connectivity index (χ0n) is 8.73. The third-order valence-electron chi connectivity index (χ3n) is 2.46. The second-order valence-corrected chi connectivity index (χ2v) is 3.43. The fourth-order valence-corrected chi connectivity index (χ4v) is 1.68. The van der Waals surface area contributed by atoms with Crippen molar-refractivity contribution in [1.82, 2.24) is 0 Å². The number of methoxy groups -OCH3 is 1. The van der Waals surface area contributed by atoms with E-state index in [9.17, 15) is 4.79 Å². The number of carboxylic acids is 1. The molecule has 0 spiro atoms. The van der Waals surface area contributed by atoms with Crippen molar-refractivity contribution in [3.8, 4) is 5.75 Å². The number of ether oxygens (including phenoxy) is 1. The summed E-state index contributed by atoms with van der Waals surface area (Å²) in [5.74, 6) is -0.398. The third kappa shape index (κ3) is 1.54. The van der Waals surface area contributed by atoms with Crippen LogP contribution in [0.3, 0.4) is 0 Å². The SMILES string of the molecule is COc1cccc2cc(N)c(C(=O)O)cc12. The number of nitrogen functional groups attached to an aromatic ring is 1. The Morgan fingerprint density at radius 3 is 2.75 bits per heavy atom. The minimum atomic E-state index is -1.04. The lowest BCUT2D eigenvalue weighted by Gasteiger charge is -2.08. The Morgan fingerprint density at radius 1 is 1.38 bits per heavy atom. The molecule has 2 rings (SSSR count). The Hall–Kier alpha value is -2.23. The number of carboxylic acid groups (broad SMARTS) is 1. The quantitative estimate of drug-likeness (QED) is 0.756. The van der Waals surface area contributed by atoms with Gasteiger partial charge in [-0.25, -0.2) is 4.79 Å². The summed E-state index contributed by atoms with van der Waals surface area (Å²) in [5, 5.41) is 10.6. The molecule has 0 unspecified atom stereocenters. The van der Waals surface area contributed by atoms with Crippen molar-refractivity contribution < 1.29 is 14.6 Å². The van der Waals surface area contributed by atoms with Crippen LogP contribution >= 0.6 is 0 Å². The molecule has 2 aromatic rings. The Bertz CT molecular complexity index is 563. The number of carbonyl (C=O) groups is 1. The molecule has 0 aliphatic heterocycles. The summed E-state index contributed by atoms with van der Waals surface area (Å²) < 4.78 is 5.17. The average Bonchev–Trinajstić information content (AvgIpc) is 2.26. The minimum Gasteiger partial charge on any atom is -0.496 e. The first-order valence-corrected chi connectivity index (χ1v) is 4.73. The monoisotopic (exact) mass is 217 g/mol. The zero-order valence-corrected chi connectivity index (χ0v) is 8.73. The normalized spacial score (nSPS) is 10.3. The number of hydrogen-bond acceptors (Lipinski definition) is 3. The van der Waals surface area contributed by atoms with Gasteiger partial charge in [-0.3, -0.25) is 0 Å². The van der Waals surface area contributed by atoms with E-state index in [2.05, 4.69) is 0 Å². The molecule has 0 heterocycles. The molecule has 2 aromatic carbocycles. The van der Waals surface area contributed by atoms with E-state index in [-0.39, 0.29) is 11.3 Å². The van der Waals surface area contributed by atoms with Gasteiger partial charge in [0, 0.05) is 11.1 Å². The van der Waals surface area contributed by atoms with E-state index in [0.29, 0.717) is 5.75 Å². The van der Waals surface area contributed by atoms with E-state index >= 15 is 0 Å². The van der Waals surface area contributed by atoms with Crippen LogP contribution in [0.15, 0.2) is 30.3 Å². The molecule has 4 heteroatoms. The maximum absolute atomic E-state index is 10.9. The fourth-order valence-electron chi connectivity index (χ4n) is 1.68. The average molecular weight is 217 g/mol. The lowest BCUT2D eigenvalue weighted by Crippen LogP contribution is -2.02. The van der Waals surface area contributed by atoms with Crippen LogP contribution in [0.4, 0.5) is 5.69 Å². The molecular weight excluding hydrogens is 206 g/mol. The molecule has 0 amide bonds. The topological polar surface area (TPSA) is 72.5 Å².